The summed E-state index contributed by atoms with van der Waals surface area (Å²) in [5.74, 6) is 2.05. The van der Waals surface area contributed by atoms with E-state index in [9.17, 15) is 8.42 Å². The van der Waals surface area contributed by atoms with Crippen LogP contribution in [0.2, 0.25) is 0 Å². The maximum atomic E-state index is 12.3. The molecule has 0 unspecified atom stereocenters. The van der Waals surface area contributed by atoms with E-state index in [0.717, 1.165) is 57.0 Å². The van der Waals surface area contributed by atoms with Crippen molar-refractivity contribution in [2.75, 3.05) is 79.9 Å². The number of fused-ring (bicyclic) bond motifs is 1. The molecule has 254 valence electrons. The highest BCUT2D eigenvalue weighted by atomic mass is 79.9. The average molecular weight is 738 g/mol. The molecule has 0 radical (unpaired) electrons. The Labute approximate surface area is 289 Å². The first-order valence-corrected chi connectivity index (χ1v) is 19.0. The lowest BCUT2D eigenvalue weighted by atomic mass is 9.99. The topological polar surface area (TPSA) is 141 Å². The number of methoxy groups -OCH3 is 1. The predicted octanol–water partition coefficient (Wildman–Crippen LogP) is 5.14. The Kier molecular flexibility index (Phi) is 9.28. The fourth-order valence-corrected chi connectivity index (χ4v) is 7.57. The number of aromatic nitrogens is 4. The van der Waals surface area contributed by atoms with Gasteiger partial charge in [0, 0.05) is 75.7 Å². The van der Waals surface area contributed by atoms with E-state index in [1.165, 1.54) is 43.1 Å². The second kappa shape index (κ2) is 13.6. The van der Waals surface area contributed by atoms with E-state index < -0.39 is 10.0 Å². The number of hydrogen-bond acceptors (Lipinski definition) is 12. The van der Waals surface area contributed by atoms with Crippen LogP contribution in [0.15, 0.2) is 47.3 Å². The van der Waals surface area contributed by atoms with Crippen molar-refractivity contribution in [2.45, 2.75) is 37.6 Å². The average Bonchev–Trinajstić information content (AvgIpc) is 3.93. The van der Waals surface area contributed by atoms with Crippen LogP contribution in [-0.4, -0.2) is 104 Å². The van der Waals surface area contributed by atoms with Crippen LogP contribution >= 0.6 is 15.9 Å². The molecule has 7 rings (SSSR count). The van der Waals surface area contributed by atoms with E-state index in [1.807, 2.05) is 0 Å². The van der Waals surface area contributed by atoms with E-state index in [4.69, 9.17) is 9.72 Å². The van der Waals surface area contributed by atoms with Crippen LogP contribution in [-0.2, 0) is 10.0 Å². The van der Waals surface area contributed by atoms with Crippen molar-refractivity contribution in [3.8, 4) is 5.75 Å². The van der Waals surface area contributed by atoms with Crippen molar-refractivity contribution in [1.29, 1.82) is 0 Å². The molecular weight excluding hydrogens is 696 g/mol. The quantitative estimate of drug-likeness (QED) is 0.199. The van der Waals surface area contributed by atoms with E-state index in [-0.39, 0.29) is 5.69 Å². The number of hydrogen-bond donors (Lipinski definition) is 3. The molecular formula is C33H41BrN10O3S. The van der Waals surface area contributed by atoms with Crippen LogP contribution < -0.4 is 25.0 Å². The fourth-order valence-electron chi connectivity index (χ4n) is 6.70. The zero-order chi connectivity index (χ0) is 33.4. The largest absolute Gasteiger partial charge is 0.494 e. The Morgan fingerprint density at radius 3 is 2.38 bits per heavy atom. The van der Waals surface area contributed by atoms with Gasteiger partial charge in [-0.2, -0.15) is 4.98 Å². The van der Waals surface area contributed by atoms with Gasteiger partial charge in [-0.25, -0.2) is 13.4 Å². The molecule has 2 aromatic carbocycles. The van der Waals surface area contributed by atoms with Crippen LogP contribution in [0.5, 0.6) is 5.75 Å². The third-order valence-corrected chi connectivity index (χ3v) is 10.6. The van der Waals surface area contributed by atoms with Crippen molar-refractivity contribution in [3.63, 3.8) is 0 Å². The van der Waals surface area contributed by atoms with Gasteiger partial charge in [-0.1, -0.05) is 0 Å². The number of halogens is 1. The number of piperidine rings is 1. The molecule has 2 saturated heterocycles. The highest BCUT2D eigenvalue weighted by molar-refractivity contribution is 9.10. The van der Waals surface area contributed by atoms with Gasteiger partial charge in [0.15, 0.2) is 0 Å². The minimum atomic E-state index is -3.61. The van der Waals surface area contributed by atoms with Gasteiger partial charge in [0.05, 0.1) is 40.4 Å². The molecule has 1 aliphatic carbocycles. The Morgan fingerprint density at radius 1 is 0.917 bits per heavy atom. The number of ether oxygens (including phenoxy) is 1. The van der Waals surface area contributed by atoms with Crippen LogP contribution in [0, 0.1) is 0 Å². The molecule has 48 heavy (non-hydrogen) atoms. The van der Waals surface area contributed by atoms with E-state index in [0.29, 0.717) is 44.9 Å². The highest BCUT2D eigenvalue weighted by Crippen LogP contribution is 2.48. The van der Waals surface area contributed by atoms with Crippen LogP contribution in [0.1, 0.15) is 37.2 Å². The van der Waals surface area contributed by atoms with E-state index in [2.05, 4.69) is 80.1 Å². The van der Waals surface area contributed by atoms with Gasteiger partial charge in [0.25, 0.3) is 0 Å². The third-order valence-electron chi connectivity index (χ3n) is 9.40. The van der Waals surface area contributed by atoms with Crippen LogP contribution in [0.3, 0.4) is 0 Å². The smallest absolute Gasteiger partial charge is 0.229 e. The summed E-state index contributed by atoms with van der Waals surface area (Å²) in [6, 6.07) is 8.54. The number of benzene rings is 2. The van der Waals surface area contributed by atoms with Crippen molar-refractivity contribution >= 4 is 71.5 Å². The first-order valence-electron chi connectivity index (χ1n) is 16.3. The fraction of sp³-hybridized carbons (Fsp3) is 0.455. The van der Waals surface area contributed by atoms with Gasteiger partial charge >= 0.3 is 0 Å². The highest BCUT2D eigenvalue weighted by Gasteiger charge is 2.32. The van der Waals surface area contributed by atoms with Gasteiger partial charge < -0.3 is 25.2 Å². The molecule has 1 saturated carbocycles. The Morgan fingerprint density at radius 2 is 1.67 bits per heavy atom. The molecule has 0 amide bonds. The summed E-state index contributed by atoms with van der Waals surface area (Å²) in [4.78, 5) is 25.6. The standard InChI is InChI=1S/C33H41BrN10O3S/c1-42-14-16-43(17-15-42)22-8-12-44(13-9-22)28-19-29(47-2)27(18-23(28)21-4-5-21)39-33-37-20-24(34)32(40-33)38-26-7-6-25-30(36-11-10-35-25)31(26)41-48(3,45)46/h6-7,10-11,18-22,41H,4-5,8-9,12-17H2,1-3H3,(H2,37,38,39,40). The Balaban J connectivity index is 1.13. The van der Waals surface area contributed by atoms with Gasteiger partial charge in [0.2, 0.25) is 16.0 Å². The molecule has 2 aromatic heterocycles. The molecule has 3 fully saturated rings. The van der Waals surface area contributed by atoms with Crippen molar-refractivity contribution in [1.82, 2.24) is 29.7 Å². The Hall–Kier alpha value is -3.79. The number of likely N-dealkylation sites (N-methyl/N-ethyl adjacent to an activating group) is 1. The molecule has 3 N–H and O–H groups in total. The van der Waals surface area contributed by atoms with E-state index >= 15 is 0 Å². The normalized spacial score (nSPS) is 18.2. The molecule has 0 bridgehead atoms. The molecule has 3 aliphatic rings. The summed E-state index contributed by atoms with van der Waals surface area (Å²) >= 11 is 3.54. The SMILES string of the molecule is COc1cc(N2CCC(N3CCN(C)CC3)CC2)c(C2CC2)cc1Nc1ncc(Br)c(Nc2ccc3nccnc3c2NS(C)(=O)=O)n1. The number of anilines is 6. The lowest BCUT2D eigenvalue weighted by Gasteiger charge is -2.43. The summed E-state index contributed by atoms with van der Waals surface area (Å²) < 4.78 is 33.7. The van der Waals surface area contributed by atoms with E-state index in [1.54, 1.807) is 31.6 Å². The van der Waals surface area contributed by atoms with Crippen molar-refractivity contribution in [2.24, 2.45) is 0 Å². The van der Waals surface area contributed by atoms with Gasteiger partial charge in [-0.3, -0.25) is 19.6 Å². The van der Waals surface area contributed by atoms with Crippen molar-refractivity contribution in [3.05, 3.63) is 52.9 Å². The molecule has 0 atom stereocenters. The summed E-state index contributed by atoms with van der Waals surface area (Å²) in [6.45, 7) is 6.69. The zero-order valence-corrected chi connectivity index (χ0v) is 29.8. The number of sulfonamides is 1. The van der Waals surface area contributed by atoms with Gasteiger partial charge in [-0.15, -0.1) is 0 Å². The number of rotatable bonds is 10. The number of piperazine rings is 1. The van der Waals surface area contributed by atoms with Gasteiger partial charge in [-0.05, 0) is 78.3 Å². The Bertz CT molecular complexity index is 1910. The molecule has 13 nitrogen and oxygen atoms in total. The summed E-state index contributed by atoms with van der Waals surface area (Å²) in [6.07, 6.45) is 10.5. The van der Waals surface area contributed by atoms with Crippen LogP contribution in [0.25, 0.3) is 11.0 Å². The molecule has 2 aliphatic heterocycles. The predicted molar refractivity (Wildman–Crippen MR) is 194 cm³/mol. The molecule has 15 heteroatoms. The lowest BCUT2D eigenvalue weighted by Crippen LogP contribution is -2.52. The first-order chi connectivity index (χ1) is 23.1. The molecule has 4 aromatic rings. The minimum Gasteiger partial charge on any atom is -0.494 e. The maximum absolute atomic E-state index is 12.3. The second-order valence-corrected chi connectivity index (χ2v) is 15.5. The molecule has 4 heterocycles. The monoisotopic (exact) mass is 736 g/mol. The first kappa shape index (κ1) is 32.7. The van der Waals surface area contributed by atoms with Crippen LogP contribution in [0.4, 0.5) is 34.5 Å². The molecule has 0 spiro atoms. The van der Waals surface area contributed by atoms with Crippen molar-refractivity contribution < 1.29 is 13.2 Å². The summed E-state index contributed by atoms with van der Waals surface area (Å²) in [5.41, 5.74) is 5.11. The summed E-state index contributed by atoms with van der Waals surface area (Å²) in [7, 11) is 0.287. The maximum Gasteiger partial charge on any atom is 0.229 e. The third kappa shape index (κ3) is 7.28. The number of nitrogens with zero attached hydrogens (tertiary/aromatic N) is 7. The number of nitrogens with one attached hydrogen (secondary N) is 3. The second-order valence-electron chi connectivity index (χ2n) is 12.9. The minimum absolute atomic E-state index is 0.280. The zero-order valence-electron chi connectivity index (χ0n) is 27.4. The summed E-state index contributed by atoms with van der Waals surface area (Å²) in [5, 5.41) is 6.65. The van der Waals surface area contributed by atoms with Gasteiger partial charge in [0.1, 0.15) is 17.1 Å². The lowest BCUT2D eigenvalue weighted by molar-refractivity contribution is 0.0982.